The molecule has 0 saturated carbocycles. The fourth-order valence-electron chi connectivity index (χ4n) is 3.40. The van der Waals surface area contributed by atoms with Crippen molar-refractivity contribution in [3.8, 4) is 0 Å². The highest BCUT2D eigenvalue weighted by atomic mass is 16.6. The molecule has 0 aliphatic rings. The minimum Gasteiger partial charge on any atom is -0.445 e. The van der Waals surface area contributed by atoms with E-state index in [2.05, 4.69) is 21.3 Å². The first-order valence-corrected chi connectivity index (χ1v) is 12.2. The summed E-state index contributed by atoms with van der Waals surface area (Å²) in [5, 5.41) is 10.6. The molecule has 10 nitrogen and oxygen atoms in total. The molecule has 4 amide bonds. The predicted octanol–water partition coefficient (Wildman–Crippen LogP) is 3.02. The molecule has 0 aliphatic carbocycles. The Balaban J connectivity index is 1.65. The summed E-state index contributed by atoms with van der Waals surface area (Å²) in [6.07, 6.45) is -0.944. The molecule has 0 aliphatic heterocycles. The first-order valence-electron chi connectivity index (χ1n) is 12.2. The van der Waals surface area contributed by atoms with E-state index in [1.54, 1.807) is 27.7 Å². The molecular weight excluding hydrogens is 476 g/mol. The molecule has 37 heavy (non-hydrogen) atoms. The normalized spacial score (nSPS) is 13.7. The van der Waals surface area contributed by atoms with E-state index in [0.29, 0.717) is 6.42 Å². The van der Waals surface area contributed by atoms with Crippen molar-refractivity contribution in [3.05, 3.63) is 71.8 Å². The number of hydrogen-bond acceptors (Lipinski definition) is 6. The van der Waals surface area contributed by atoms with Crippen LogP contribution in [0, 0.1) is 0 Å². The molecular formula is C27H36N4O6. The molecule has 2 rings (SSSR count). The minimum atomic E-state index is -0.804. The molecule has 0 spiro atoms. The van der Waals surface area contributed by atoms with Gasteiger partial charge in [0.1, 0.15) is 25.3 Å². The summed E-state index contributed by atoms with van der Waals surface area (Å²) in [6, 6.07) is 16.3. The average Bonchev–Trinajstić information content (AvgIpc) is 2.87. The summed E-state index contributed by atoms with van der Waals surface area (Å²) >= 11 is 0. The SMILES string of the molecule is CC(CC(C)NC(=O)C(C)NC(=O)OCc1ccccc1)NC(=O)C(C)NC(=O)OCc1ccccc1. The lowest BCUT2D eigenvalue weighted by atomic mass is 10.1. The number of alkyl carbamates (subject to hydrolysis) is 2. The van der Waals surface area contributed by atoms with Crippen LogP contribution in [0.2, 0.25) is 0 Å². The van der Waals surface area contributed by atoms with Gasteiger partial charge in [0.2, 0.25) is 11.8 Å². The minimum absolute atomic E-state index is 0.104. The molecule has 0 radical (unpaired) electrons. The van der Waals surface area contributed by atoms with Crippen LogP contribution < -0.4 is 21.3 Å². The zero-order chi connectivity index (χ0) is 27.2. The lowest BCUT2D eigenvalue weighted by Crippen LogP contribution is -2.50. The topological polar surface area (TPSA) is 135 Å². The van der Waals surface area contributed by atoms with Gasteiger partial charge < -0.3 is 30.7 Å². The maximum atomic E-state index is 12.4. The molecule has 4 unspecified atom stereocenters. The van der Waals surface area contributed by atoms with Gasteiger partial charge in [-0.05, 0) is 45.2 Å². The van der Waals surface area contributed by atoms with Crippen molar-refractivity contribution in [2.45, 2.75) is 71.5 Å². The Labute approximate surface area is 217 Å². The lowest BCUT2D eigenvalue weighted by molar-refractivity contribution is -0.123. The van der Waals surface area contributed by atoms with E-state index in [9.17, 15) is 19.2 Å². The molecule has 0 fully saturated rings. The molecule has 0 bridgehead atoms. The second-order valence-corrected chi connectivity index (χ2v) is 8.91. The van der Waals surface area contributed by atoms with Crippen molar-refractivity contribution in [2.24, 2.45) is 0 Å². The van der Waals surface area contributed by atoms with Crippen molar-refractivity contribution < 1.29 is 28.7 Å². The van der Waals surface area contributed by atoms with Crippen LogP contribution in [0.15, 0.2) is 60.7 Å². The summed E-state index contributed by atoms with van der Waals surface area (Å²) in [7, 11) is 0. The number of amides is 4. The van der Waals surface area contributed by atoms with Gasteiger partial charge in [-0.2, -0.15) is 0 Å². The van der Waals surface area contributed by atoms with Gasteiger partial charge in [0.25, 0.3) is 0 Å². The van der Waals surface area contributed by atoms with Gasteiger partial charge in [-0.1, -0.05) is 60.7 Å². The molecule has 10 heteroatoms. The van der Waals surface area contributed by atoms with E-state index in [-0.39, 0.29) is 37.1 Å². The highest BCUT2D eigenvalue weighted by Gasteiger charge is 2.22. The van der Waals surface area contributed by atoms with Gasteiger partial charge in [0.15, 0.2) is 0 Å². The number of hydrogen-bond donors (Lipinski definition) is 4. The zero-order valence-electron chi connectivity index (χ0n) is 21.7. The number of rotatable bonds is 12. The van der Waals surface area contributed by atoms with Crippen LogP contribution in [-0.4, -0.2) is 48.2 Å². The van der Waals surface area contributed by atoms with Gasteiger partial charge in [0.05, 0.1) is 0 Å². The summed E-state index contributed by atoms with van der Waals surface area (Å²) in [4.78, 5) is 48.8. The predicted molar refractivity (Wildman–Crippen MR) is 138 cm³/mol. The van der Waals surface area contributed by atoms with Gasteiger partial charge >= 0.3 is 12.2 Å². The van der Waals surface area contributed by atoms with E-state index < -0.39 is 24.3 Å². The Morgan fingerprint density at radius 3 is 1.30 bits per heavy atom. The smallest absolute Gasteiger partial charge is 0.408 e. The lowest BCUT2D eigenvalue weighted by Gasteiger charge is -2.23. The Bertz CT molecular complexity index is 937. The number of ether oxygens (including phenoxy) is 2. The van der Waals surface area contributed by atoms with Crippen LogP contribution in [0.1, 0.15) is 45.2 Å². The standard InChI is InChI=1S/C27H36N4O6/c1-18(28-24(32)20(3)30-26(34)36-16-22-11-7-5-8-12-22)15-19(2)29-25(33)21(4)31-27(35)37-17-23-13-9-6-10-14-23/h5-14,18-21H,15-17H2,1-4H3,(H,28,32)(H,29,33)(H,30,34)(H,31,35). The van der Waals surface area contributed by atoms with Crippen LogP contribution in [0.5, 0.6) is 0 Å². The molecule has 0 aromatic heterocycles. The van der Waals surface area contributed by atoms with Crippen LogP contribution in [0.25, 0.3) is 0 Å². The maximum Gasteiger partial charge on any atom is 0.408 e. The summed E-state index contributed by atoms with van der Waals surface area (Å²) < 4.78 is 10.3. The van der Waals surface area contributed by atoms with Crippen molar-refractivity contribution in [3.63, 3.8) is 0 Å². The number of nitrogens with one attached hydrogen (secondary N) is 4. The van der Waals surface area contributed by atoms with Gasteiger partial charge in [-0.25, -0.2) is 9.59 Å². The molecule has 2 aromatic carbocycles. The fourth-order valence-corrected chi connectivity index (χ4v) is 3.40. The molecule has 0 heterocycles. The maximum absolute atomic E-state index is 12.4. The highest BCUT2D eigenvalue weighted by Crippen LogP contribution is 2.03. The van der Waals surface area contributed by atoms with Crippen LogP contribution in [0.4, 0.5) is 9.59 Å². The third kappa shape index (κ3) is 11.5. The van der Waals surface area contributed by atoms with Crippen LogP contribution in [0.3, 0.4) is 0 Å². The third-order valence-corrected chi connectivity index (χ3v) is 5.37. The Morgan fingerprint density at radius 1 is 0.595 bits per heavy atom. The van der Waals surface area contributed by atoms with E-state index in [0.717, 1.165) is 11.1 Å². The van der Waals surface area contributed by atoms with Crippen molar-refractivity contribution >= 4 is 24.0 Å². The molecule has 200 valence electrons. The number of benzene rings is 2. The number of carbonyl (C=O) groups is 4. The van der Waals surface area contributed by atoms with Crippen molar-refractivity contribution in [2.75, 3.05) is 0 Å². The molecule has 2 aromatic rings. The summed E-state index contributed by atoms with van der Waals surface area (Å²) in [6.45, 7) is 6.91. The summed E-state index contributed by atoms with van der Waals surface area (Å²) in [5.41, 5.74) is 1.68. The highest BCUT2D eigenvalue weighted by molar-refractivity contribution is 5.86. The van der Waals surface area contributed by atoms with Gasteiger partial charge in [-0.3, -0.25) is 9.59 Å². The largest absolute Gasteiger partial charge is 0.445 e. The zero-order valence-corrected chi connectivity index (χ0v) is 21.7. The Kier molecular flexibility index (Phi) is 11.9. The monoisotopic (exact) mass is 512 g/mol. The quantitative estimate of drug-likeness (QED) is 0.345. The van der Waals surface area contributed by atoms with Gasteiger partial charge in [0, 0.05) is 12.1 Å². The van der Waals surface area contributed by atoms with E-state index in [1.165, 1.54) is 0 Å². The van der Waals surface area contributed by atoms with Crippen LogP contribution >= 0.6 is 0 Å². The Morgan fingerprint density at radius 2 is 0.946 bits per heavy atom. The van der Waals surface area contributed by atoms with Crippen LogP contribution in [-0.2, 0) is 32.3 Å². The van der Waals surface area contributed by atoms with E-state index in [1.807, 2.05) is 60.7 Å². The second kappa shape index (κ2) is 15.1. The molecule has 0 saturated heterocycles. The molecule has 4 atom stereocenters. The first kappa shape index (κ1) is 29.2. The van der Waals surface area contributed by atoms with Crippen molar-refractivity contribution in [1.82, 2.24) is 21.3 Å². The van der Waals surface area contributed by atoms with Crippen molar-refractivity contribution in [1.29, 1.82) is 0 Å². The fraction of sp³-hybridized carbons (Fsp3) is 0.407. The van der Waals surface area contributed by atoms with Gasteiger partial charge in [-0.15, -0.1) is 0 Å². The summed E-state index contributed by atoms with van der Waals surface area (Å²) in [5.74, 6) is -0.752. The first-order chi connectivity index (χ1) is 17.6. The number of carbonyl (C=O) groups excluding carboxylic acids is 4. The van der Waals surface area contributed by atoms with E-state index >= 15 is 0 Å². The molecule has 4 N–H and O–H groups in total. The van der Waals surface area contributed by atoms with E-state index in [4.69, 9.17) is 9.47 Å². The second-order valence-electron chi connectivity index (χ2n) is 8.91. The third-order valence-electron chi connectivity index (χ3n) is 5.37. The Hall–Kier alpha value is -4.08. The average molecular weight is 513 g/mol.